The lowest BCUT2D eigenvalue weighted by Crippen LogP contribution is -2.42. The van der Waals surface area contributed by atoms with Crippen molar-refractivity contribution >= 4 is 11.8 Å². The Kier molecular flexibility index (Phi) is 7.16. The number of carbonyl (C=O) groups excluding carboxylic acids is 2. The van der Waals surface area contributed by atoms with Gasteiger partial charge < -0.3 is 15.3 Å². The highest BCUT2D eigenvalue weighted by molar-refractivity contribution is 5.94. The van der Waals surface area contributed by atoms with Gasteiger partial charge in [0.05, 0.1) is 12.3 Å². The number of nitrogens with zero attached hydrogens (tertiary/aromatic N) is 4. The lowest BCUT2D eigenvalue weighted by atomic mass is 9.91. The van der Waals surface area contributed by atoms with Crippen LogP contribution in [0.2, 0.25) is 0 Å². The number of piperidine rings is 1. The molecule has 0 saturated carbocycles. The number of pyridine rings is 1. The first-order valence-corrected chi connectivity index (χ1v) is 11.4. The number of carbonyl (C=O) groups is 2. The van der Waals surface area contributed by atoms with Gasteiger partial charge in [-0.15, -0.1) is 0 Å². The molecule has 9 nitrogen and oxygen atoms in total. The molecule has 1 atom stereocenters. The van der Waals surface area contributed by atoms with E-state index in [4.69, 9.17) is 0 Å². The third-order valence-corrected chi connectivity index (χ3v) is 6.48. The summed E-state index contributed by atoms with van der Waals surface area (Å²) in [5.74, 6) is 0.405. The Labute approximate surface area is 188 Å². The van der Waals surface area contributed by atoms with Crippen molar-refractivity contribution in [2.45, 2.75) is 45.3 Å². The number of hydrogen-bond donors (Lipinski definition) is 3. The highest BCUT2D eigenvalue weighted by atomic mass is 16.3. The maximum atomic E-state index is 12.6. The summed E-state index contributed by atoms with van der Waals surface area (Å²) in [5, 5.41) is 20.3. The first-order chi connectivity index (χ1) is 15.5. The van der Waals surface area contributed by atoms with Crippen LogP contribution in [0.3, 0.4) is 0 Å². The van der Waals surface area contributed by atoms with Gasteiger partial charge in [-0.25, -0.2) is 0 Å². The molecule has 2 amide bonds. The third-order valence-electron chi connectivity index (χ3n) is 6.48. The monoisotopic (exact) mass is 440 g/mol. The second-order valence-electron chi connectivity index (χ2n) is 8.91. The molecule has 172 valence electrons. The van der Waals surface area contributed by atoms with Gasteiger partial charge >= 0.3 is 0 Å². The predicted molar refractivity (Wildman–Crippen MR) is 119 cm³/mol. The number of nitrogens with one attached hydrogen (secondary N) is 2. The lowest BCUT2D eigenvalue weighted by Gasteiger charge is -2.31. The van der Waals surface area contributed by atoms with Crippen molar-refractivity contribution in [3.63, 3.8) is 0 Å². The molecule has 2 aromatic heterocycles. The maximum absolute atomic E-state index is 12.6. The van der Waals surface area contributed by atoms with Gasteiger partial charge in [-0.1, -0.05) is 0 Å². The third kappa shape index (κ3) is 5.72. The molecule has 0 radical (unpaired) electrons. The number of likely N-dealkylation sites (tertiary alicyclic amines) is 1. The number of hydrogen-bond acceptors (Lipinski definition) is 6. The van der Waals surface area contributed by atoms with Gasteiger partial charge in [-0.3, -0.25) is 24.6 Å². The van der Waals surface area contributed by atoms with Crippen LogP contribution in [0.5, 0.6) is 0 Å². The molecular weight excluding hydrogens is 408 g/mol. The van der Waals surface area contributed by atoms with Crippen LogP contribution < -0.4 is 5.32 Å². The smallest absolute Gasteiger partial charge is 0.251 e. The minimum absolute atomic E-state index is 0.133. The zero-order valence-corrected chi connectivity index (χ0v) is 18.6. The Morgan fingerprint density at radius 2 is 2.12 bits per heavy atom. The second-order valence-corrected chi connectivity index (χ2v) is 8.91. The fourth-order valence-corrected chi connectivity index (χ4v) is 4.59. The summed E-state index contributed by atoms with van der Waals surface area (Å²) in [6.45, 7) is 5.52. The number of aromatic amines is 1. The fourth-order valence-electron chi connectivity index (χ4n) is 4.59. The molecule has 4 heterocycles. The second kappa shape index (κ2) is 10.2. The molecule has 0 bridgehead atoms. The molecule has 4 rings (SSSR count). The number of aliphatic hydroxyl groups is 1. The van der Waals surface area contributed by atoms with E-state index in [2.05, 4.69) is 25.4 Å². The van der Waals surface area contributed by atoms with Gasteiger partial charge in [-0.05, 0) is 37.3 Å². The Hall–Kier alpha value is -2.78. The molecule has 0 aliphatic carbocycles. The van der Waals surface area contributed by atoms with Crippen LogP contribution >= 0.6 is 0 Å². The Balaban J connectivity index is 1.23. The van der Waals surface area contributed by atoms with Crippen LogP contribution in [0.4, 0.5) is 0 Å². The summed E-state index contributed by atoms with van der Waals surface area (Å²) < 4.78 is 0. The quantitative estimate of drug-likeness (QED) is 0.586. The lowest BCUT2D eigenvalue weighted by molar-refractivity contribution is -0.130. The van der Waals surface area contributed by atoms with Crippen LogP contribution in [0.1, 0.15) is 47.1 Å². The first kappa shape index (κ1) is 22.4. The van der Waals surface area contributed by atoms with E-state index in [1.165, 1.54) is 11.3 Å². The van der Waals surface area contributed by atoms with Crippen molar-refractivity contribution in [2.75, 3.05) is 32.7 Å². The van der Waals surface area contributed by atoms with E-state index in [1.807, 2.05) is 17.2 Å². The van der Waals surface area contributed by atoms with E-state index in [-0.39, 0.29) is 18.4 Å². The van der Waals surface area contributed by atoms with Crippen LogP contribution in [-0.4, -0.2) is 80.7 Å². The molecular formula is C23H32N6O3. The average molecular weight is 441 g/mol. The molecule has 2 aliphatic rings. The van der Waals surface area contributed by atoms with E-state index in [9.17, 15) is 14.7 Å². The minimum Gasteiger partial charge on any atom is -0.390 e. The molecule has 2 aromatic rings. The molecule has 0 spiro atoms. The van der Waals surface area contributed by atoms with Crippen LogP contribution in [0.25, 0.3) is 0 Å². The van der Waals surface area contributed by atoms with Crippen molar-refractivity contribution in [1.82, 2.24) is 30.3 Å². The number of β-amino-alcohol motifs (C(OH)–C–C–N with tert-alkyl or cyclic N) is 1. The summed E-state index contributed by atoms with van der Waals surface area (Å²) in [6.07, 6.45) is 6.48. The number of fused-ring (bicyclic) bond motifs is 1. The SMILES string of the molecule is CC(=O)N1CCC(Cc2cc(C(=O)NC[C@H](O)CN3CCc4[nH]ncc4C3)ccn2)CC1. The minimum atomic E-state index is -0.639. The van der Waals surface area contributed by atoms with Crippen molar-refractivity contribution in [3.05, 3.63) is 47.0 Å². The highest BCUT2D eigenvalue weighted by Gasteiger charge is 2.22. The number of H-pyrrole nitrogens is 1. The zero-order valence-electron chi connectivity index (χ0n) is 18.6. The normalized spacial score (nSPS) is 18.2. The van der Waals surface area contributed by atoms with E-state index in [1.54, 1.807) is 19.2 Å². The Morgan fingerprint density at radius 1 is 1.31 bits per heavy atom. The Morgan fingerprint density at radius 3 is 2.91 bits per heavy atom. The maximum Gasteiger partial charge on any atom is 0.251 e. The summed E-state index contributed by atoms with van der Waals surface area (Å²) in [6, 6.07) is 3.54. The Bertz CT molecular complexity index is 937. The van der Waals surface area contributed by atoms with Gasteiger partial charge in [-0.2, -0.15) is 5.10 Å². The van der Waals surface area contributed by atoms with Crippen LogP contribution in [0, 0.1) is 5.92 Å². The molecule has 1 saturated heterocycles. The number of aromatic nitrogens is 3. The average Bonchev–Trinajstić information content (AvgIpc) is 3.26. The van der Waals surface area contributed by atoms with Crippen molar-refractivity contribution in [3.8, 4) is 0 Å². The predicted octanol–water partition coefficient (Wildman–Crippen LogP) is 0.755. The van der Waals surface area contributed by atoms with Crippen LogP contribution in [0.15, 0.2) is 24.5 Å². The molecule has 32 heavy (non-hydrogen) atoms. The van der Waals surface area contributed by atoms with Gasteiger partial charge in [0, 0.05) is 81.3 Å². The molecule has 3 N–H and O–H groups in total. The standard InChI is InChI=1S/C23H32N6O3/c1-16(30)29-8-3-17(4-9-29)10-20-11-18(2-6-24-20)23(32)25-13-21(31)15-28-7-5-22-19(14-28)12-26-27-22/h2,6,11-12,17,21,31H,3-5,7-10,13-15H2,1H3,(H,25,32)(H,26,27)/t21-/m0/s1. The summed E-state index contributed by atoms with van der Waals surface area (Å²) in [5.41, 5.74) is 3.79. The van der Waals surface area contributed by atoms with E-state index < -0.39 is 6.10 Å². The number of amides is 2. The van der Waals surface area contributed by atoms with E-state index in [0.29, 0.717) is 18.0 Å². The van der Waals surface area contributed by atoms with Crippen molar-refractivity contribution < 1.29 is 14.7 Å². The zero-order chi connectivity index (χ0) is 22.5. The largest absolute Gasteiger partial charge is 0.390 e. The first-order valence-electron chi connectivity index (χ1n) is 11.4. The summed E-state index contributed by atoms with van der Waals surface area (Å²) in [4.78, 5) is 32.6. The molecule has 9 heteroatoms. The van der Waals surface area contributed by atoms with Crippen molar-refractivity contribution in [1.29, 1.82) is 0 Å². The van der Waals surface area contributed by atoms with Crippen molar-refractivity contribution in [2.24, 2.45) is 5.92 Å². The van der Waals surface area contributed by atoms with Gasteiger partial charge in [0.15, 0.2) is 0 Å². The number of rotatable bonds is 7. The van der Waals surface area contributed by atoms with E-state index in [0.717, 1.165) is 57.6 Å². The molecule has 0 aromatic carbocycles. The van der Waals surface area contributed by atoms with E-state index >= 15 is 0 Å². The van der Waals surface area contributed by atoms with Gasteiger partial charge in [0.25, 0.3) is 5.91 Å². The number of aliphatic hydroxyl groups excluding tert-OH is 1. The molecule has 2 aliphatic heterocycles. The summed E-state index contributed by atoms with van der Waals surface area (Å²) in [7, 11) is 0. The molecule has 1 fully saturated rings. The van der Waals surface area contributed by atoms with Gasteiger partial charge in [0.2, 0.25) is 5.91 Å². The topological polar surface area (TPSA) is 114 Å². The molecule has 0 unspecified atom stereocenters. The van der Waals surface area contributed by atoms with Gasteiger partial charge in [0.1, 0.15) is 0 Å². The van der Waals surface area contributed by atoms with Crippen LogP contribution in [-0.2, 0) is 24.2 Å². The highest BCUT2D eigenvalue weighted by Crippen LogP contribution is 2.21. The summed E-state index contributed by atoms with van der Waals surface area (Å²) >= 11 is 0. The fraction of sp³-hybridized carbons (Fsp3) is 0.565.